The van der Waals surface area contributed by atoms with Crippen LogP contribution in [0.1, 0.15) is 42.6 Å². The average Bonchev–Trinajstić information content (AvgIpc) is 2.92. The van der Waals surface area contributed by atoms with Gasteiger partial charge < -0.3 is 10.4 Å². The molecule has 1 fully saturated rings. The first-order chi connectivity index (χ1) is 11.5. The van der Waals surface area contributed by atoms with Gasteiger partial charge in [-0.25, -0.2) is 9.50 Å². The summed E-state index contributed by atoms with van der Waals surface area (Å²) in [6.07, 6.45) is 3.99. The first-order valence-electron chi connectivity index (χ1n) is 8.46. The highest BCUT2D eigenvalue weighted by Gasteiger charge is 2.22. The summed E-state index contributed by atoms with van der Waals surface area (Å²) in [6.45, 7) is 3.98. The van der Waals surface area contributed by atoms with E-state index >= 15 is 0 Å². The minimum Gasteiger partial charge on any atom is -0.396 e. The van der Waals surface area contributed by atoms with Gasteiger partial charge in [-0.05, 0) is 45.4 Å². The molecule has 2 heterocycles. The first kappa shape index (κ1) is 16.7. The molecule has 0 radical (unpaired) electrons. The number of nitrogens with zero attached hydrogens (tertiary/aromatic N) is 2. The number of carbonyl (C=O) groups excluding carboxylic acids is 1. The lowest BCUT2D eigenvalue weighted by Gasteiger charge is -2.28. The predicted octanol–water partition coefficient (Wildman–Crippen LogP) is 0.849. The zero-order valence-electron chi connectivity index (χ0n) is 14.1. The highest BCUT2D eigenvalue weighted by Crippen LogP contribution is 2.24. The van der Waals surface area contributed by atoms with E-state index < -0.39 is 0 Å². The van der Waals surface area contributed by atoms with Gasteiger partial charge in [-0.2, -0.15) is 0 Å². The van der Waals surface area contributed by atoms with E-state index in [1.165, 1.54) is 6.07 Å². The van der Waals surface area contributed by atoms with Crippen molar-refractivity contribution >= 4 is 11.6 Å². The largest absolute Gasteiger partial charge is 0.396 e. The second-order valence-electron chi connectivity index (χ2n) is 6.72. The van der Waals surface area contributed by atoms with Crippen molar-refractivity contribution in [2.45, 2.75) is 52.0 Å². The number of aromatic nitrogens is 3. The Balaban J connectivity index is 1.70. The van der Waals surface area contributed by atoms with Crippen LogP contribution in [0.3, 0.4) is 0 Å². The van der Waals surface area contributed by atoms with Crippen molar-refractivity contribution in [2.75, 3.05) is 6.61 Å². The fraction of sp³-hybridized carbons (Fsp3) is 0.588. The molecule has 2 aromatic rings. The highest BCUT2D eigenvalue weighted by molar-refractivity contribution is 5.79. The Hall–Kier alpha value is -2.15. The number of fused-ring (bicyclic) bond motifs is 1. The second kappa shape index (κ2) is 6.76. The number of hydrogen-bond acceptors (Lipinski definition) is 4. The van der Waals surface area contributed by atoms with Gasteiger partial charge >= 0.3 is 0 Å². The van der Waals surface area contributed by atoms with Crippen molar-refractivity contribution in [3.05, 3.63) is 33.4 Å². The van der Waals surface area contributed by atoms with Crippen LogP contribution in [0.5, 0.6) is 0 Å². The molecule has 24 heavy (non-hydrogen) atoms. The van der Waals surface area contributed by atoms with Crippen LogP contribution in [-0.4, -0.2) is 38.3 Å². The summed E-state index contributed by atoms with van der Waals surface area (Å²) >= 11 is 0. The maximum Gasteiger partial charge on any atom is 0.266 e. The molecule has 2 aromatic heterocycles. The number of hydrogen-bond donors (Lipinski definition) is 3. The van der Waals surface area contributed by atoms with Gasteiger partial charge in [0.05, 0.1) is 6.42 Å². The molecule has 1 aliphatic rings. The van der Waals surface area contributed by atoms with E-state index in [2.05, 4.69) is 15.4 Å². The van der Waals surface area contributed by atoms with Crippen LogP contribution in [0, 0.1) is 19.8 Å². The molecule has 1 saturated carbocycles. The monoisotopic (exact) mass is 332 g/mol. The Kier molecular flexibility index (Phi) is 4.71. The average molecular weight is 332 g/mol. The van der Waals surface area contributed by atoms with Gasteiger partial charge in [0.15, 0.2) is 5.65 Å². The van der Waals surface area contributed by atoms with Gasteiger partial charge in [0.1, 0.15) is 0 Å². The lowest BCUT2D eigenvalue weighted by Crippen LogP contribution is -2.39. The van der Waals surface area contributed by atoms with Crippen molar-refractivity contribution in [1.82, 2.24) is 19.9 Å². The van der Waals surface area contributed by atoms with Crippen LogP contribution in [0.25, 0.3) is 5.65 Å². The van der Waals surface area contributed by atoms with Crippen LogP contribution in [0.15, 0.2) is 10.9 Å². The quantitative estimate of drug-likeness (QED) is 0.773. The summed E-state index contributed by atoms with van der Waals surface area (Å²) < 4.78 is 1.63. The van der Waals surface area contributed by atoms with E-state index in [9.17, 15) is 14.7 Å². The molecule has 130 valence electrons. The molecule has 1 aliphatic carbocycles. The van der Waals surface area contributed by atoms with E-state index in [0.29, 0.717) is 11.6 Å². The van der Waals surface area contributed by atoms with Gasteiger partial charge in [-0.15, -0.1) is 0 Å². The summed E-state index contributed by atoms with van der Waals surface area (Å²) in [6, 6.07) is 1.63. The number of carbonyl (C=O) groups is 1. The Labute approximate surface area is 140 Å². The molecule has 0 atom stereocenters. The van der Waals surface area contributed by atoms with Crippen LogP contribution in [0.4, 0.5) is 0 Å². The van der Waals surface area contributed by atoms with Gasteiger partial charge in [0, 0.05) is 35.7 Å². The third-order valence-corrected chi connectivity index (χ3v) is 5.01. The number of rotatable bonds is 4. The molecule has 0 spiro atoms. The predicted molar refractivity (Wildman–Crippen MR) is 90.0 cm³/mol. The Morgan fingerprint density at radius 2 is 2.08 bits per heavy atom. The molecule has 3 rings (SSSR count). The summed E-state index contributed by atoms with van der Waals surface area (Å²) in [7, 11) is 0. The van der Waals surface area contributed by atoms with Crippen molar-refractivity contribution < 1.29 is 9.90 Å². The van der Waals surface area contributed by atoms with Crippen molar-refractivity contribution in [1.29, 1.82) is 0 Å². The van der Waals surface area contributed by atoms with E-state index in [4.69, 9.17) is 0 Å². The maximum absolute atomic E-state index is 12.4. The zero-order chi connectivity index (χ0) is 17.3. The molecule has 0 bridgehead atoms. The number of amides is 1. The van der Waals surface area contributed by atoms with Gasteiger partial charge in [0.25, 0.3) is 5.56 Å². The fourth-order valence-corrected chi connectivity index (χ4v) is 3.54. The summed E-state index contributed by atoms with van der Waals surface area (Å²) in [5.74, 6) is 0.351. The van der Waals surface area contributed by atoms with Gasteiger partial charge in [0.2, 0.25) is 5.91 Å². The highest BCUT2D eigenvalue weighted by atomic mass is 16.3. The number of H-pyrrole nitrogens is 1. The number of aliphatic hydroxyl groups is 1. The topological polar surface area (TPSA) is 99.5 Å². The first-order valence-corrected chi connectivity index (χ1v) is 8.46. The lowest BCUT2D eigenvalue weighted by molar-refractivity contribution is -0.121. The molecule has 1 amide bonds. The van der Waals surface area contributed by atoms with E-state index in [-0.39, 0.29) is 30.5 Å². The molecule has 0 aromatic carbocycles. The molecular weight excluding hydrogens is 308 g/mol. The Morgan fingerprint density at radius 1 is 1.38 bits per heavy atom. The third kappa shape index (κ3) is 3.36. The Bertz CT molecular complexity index is 800. The van der Waals surface area contributed by atoms with Crippen LogP contribution < -0.4 is 10.9 Å². The van der Waals surface area contributed by atoms with Crippen LogP contribution >= 0.6 is 0 Å². The molecule has 0 aliphatic heterocycles. The van der Waals surface area contributed by atoms with Crippen molar-refractivity contribution in [3.8, 4) is 0 Å². The van der Waals surface area contributed by atoms with Crippen molar-refractivity contribution in [3.63, 3.8) is 0 Å². The van der Waals surface area contributed by atoms with Gasteiger partial charge in [-0.3, -0.25) is 14.7 Å². The molecule has 3 N–H and O–H groups in total. The molecule has 0 saturated heterocycles. The number of aliphatic hydroxyl groups excluding tert-OH is 1. The van der Waals surface area contributed by atoms with Crippen molar-refractivity contribution in [2.24, 2.45) is 5.92 Å². The number of aryl methyl sites for hydroxylation is 2. The number of aromatic amines is 1. The standard InChI is InChI=1S/C17H24N4O3/c1-10-14(11(2)21-15(18-10)8-17(24)20-21)7-16(23)19-13-5-3-12(9-22)4-6-13/h8,12-13,22H,3-7,9H2,1-2H3,(H,19,23)(H,20,24). The fourth-order valence-electron chi connectivity index (χ4n) is 3.54. The smallest absolute Gasteiger partial charge is 0.266 e. The molecule has 0 unspecified atom stereocenters. The van der Waals surface area contributed by atoms with Crippen LogP contribution in [-0.2, 0) is 11.2 Å². The van der Waals surface area contributed by atoms with Gasteiger partial charge in [-0.1, -0.05) is 0 Å². The molecule has 7 heteroatoms. The normalized spacial score (nSPS) is 21.1. The maximum atomic E-state index is 12.4. The summed E-state index contributed by atoms with van der Waals surface area (Å²) in [5, 5.41) is 15.0. The SMILES string of the molecule is Cc1nc2cc(=O)[nH]n2c(C)c1CC(=O)NC1CCC(CO)CC1. The summed E-state index contributed by atoms with van der Waals surface area (Å²) in [4.78, 5) is 28.3. The van der Waals surface area contributed by atoms with E-state index in [1.807, 2.05) is 13.8 Å². The second-order valence-corrected chi connectivity index (χ2v) is 6.72. The minimum atomic E-state index is -0.202. The number of nitrogens with one attached hydrogen (secondary N) is 2. The Morgan fingerprint density at radius 3 is 2.75 bits per heavy atom. The summed E-state index contributed by atoms with van der Waals surface area (Å²) in [5.41, 5.74) is 2.81. The lowest BCUT2D eigenvalue weighted by atomic mass is 9.86. The van der Waals surface area contributed by atoms with E-state index in [0.717, 1.165) is 42.6 Å². The van der Waals surface area contributed by atoms with Crippen LogP contribution in [0.2, 0.25) is 0 Å². The molecule has 7 nitrogen and oxygen atoms in total. The molecular formula is C17H24N4O3. The third-order valence-electron chi connectivity index (χ3n) is 5.01. The minimum absolute atomic E-state index is 0.0238. The zero-order valence-corrected chi connectivity index (χ0v) is 14.1. The van der Waals surface area contributed by atoms with E-state index in [1.54, 1.807) is 4.52 Å².